The molecule has 170 valence electrons. The highest BCUT2D eigenvalue weighted by molar-refractivity contribution is 7.89. The number of nitrogens with one attached hydrogen (secondary N) is 2. The highest BCUT2D eigenvalue weighted by Crippen LogP contribution is 2.40. The molecule has 1 aliphatic rings. The molecule has 1 saturated carbocycles. The fraction of sp³-hybridized carbons (Fsp3) is 0.300. The first-order chi connectivity index (χ1) is 15.0. The van der Waals surface area contributed by atoms with Crippen LogP contribution in [-0.2, 0) is 21.0 Å². The molecular weight excluding hydrogens is 471 g/mol. The van der Waals surface area contributed by atoms with E-state index in [9.17, 15) is 26.4 Å². The van der Waals surface area contributed by atoms with Crippen LogP contribution in [0.15, 0.2) is 45.7 Å². The Labute approximate surface area is 186 Å². The van der Waals surface area contributed by atoms with Crippen molar-refractivity contribution in [2.45, 2.75) is 36.3 Å². The summed E-state index contributed by atoms with van der Waals surface area (Å²) < 4.78 is 71.2. The molecule has 0 radical (unpaired) electrons. The van der Waals surface area contributed by atoms with Gasteiger partial charge in [0.15, 0.2) is 11.5 Å². The van der Waals surface area contributed by atoms with Crippen molar-refractivity contribution in [1.29, 1.82) is 0 Å². The molecule has 0 unspecified atom stereocenters. The molecule has 0 aliphatic heterocycles. The van der Waals surface area contributed by atoms with Crippen molar-refractivity contribution in [3.05, 3.63) is 52.9 Å². The molecule has 1 fully saturated rings. The summed E-state index contributed by atoms with van der Waals surface area (Å²) in [6, 6.07) is 7.25. The average molecular weight is 488 g/mol. The van der Waals surface area contributed by atoms with Crippen molar-refractivity contribution in [3.8, 4) is 0 Å². The van der Waals surface area contributed by atoms with Crippen LogP contribution in [0.3, 0.4) is 0 Å². The summed E-state index contributed by atoms with van der Waals surface area (Å²) in [5.74, 6) is 0.542. The number of carbonyl (C=O) groups excluding carboxylic acids is 1. The van der Waals surface area contributed by atoms with Crippen LogP contribution < -0.4 is 10.0 Å². The zero-order chi connectivity index (χ0) is 23.1. The Kier molecular flexibility index (Phi) is 5.91. The van der Waals surface area contributed by atoms with Gasteiger partial charge in [-0.3, -0.25) is 4.79 Å². The fourth-order valence-electron chi connectivity index (χ4n) is 3.02. The number of rotatable bonds is 7. The molecule has 1 aromatic heterocycles. The Morgan fingerprint density at radius 2 is 1.94 bits per heavy atom. The van der Waals surface area contributed by atoms with E-state index in [4.69, 9.17) is 16.0 Å². The third kappa shape index (κ3) is 5.05. The van der Waals surface area contributed by atoms with E-state index >= 15 is 0 Å². The van der Waals surface area contributed by atoms with Crippen LogP contribution in [0.25, 0.3) is 11.1 Å². The highest BCUT2D eigenvalue weighted by atomic mass is 35.5. The Morgan fingerprint density at radius 1 is 1.19 bits per heavy atom. The number of hydrogen-bond acceptors (Lipinski definition) is 5. The van der Waals surface area contributed by atoms with Gasteiger partial charge in [0, 0.05) is 24.6 Å². The quantitative estimate of drug-likeness (QED) is 0.503. The van der Waals surface area contributed by atoms with Crippen molar-refractivity contribution in [3.63, 3.8) is 0 Å². The number of fused-ring (bicyclic) bond motifs is 1. The summed E-state index contributed by atoms with van der Waals surface area (Å²) >= 11 is 5.51. The van der Waals surface area contributed by atoms with Gasteiger partial charge in [-0.05, 0) is 49.2 Å². The van der Waals surface area contributed by atoms with Crippen LogP contribution >= 0.6 is 11.6 Å². The van der Waals surface area contributed by atoms with Gasteiger partial charge in [-0.15, -0.1) is 0 Å². The van der Waals surface area contributed by atoms with Crippen LogP contribution in [0.2, 0.25) is 5.02 Å². The maximum atomic E-state index is 13.0. The van der Waals surface area contributed by atoms with Gasteiger partial charge in [-0.25, -0.2) is 18.1 Å². The van der Waals surface area contributed by atoms with Crippen molar-refractivity contribution >= 4 is 44.3 Å². The molecule has 0 atom stereocenters. The molecule has 4 rings (SSSR count). The highest BCUT2D eigenvalue weighted by Gasteiger charge is 2.34. The van der Waals surface area contributed by atoms with Crippen molar-refractivity contribution < 1.29 is 30.8 Å². The van der Waals surface area contributed by atoms with Crippen molar-refractivity contribution in [2.24, 2.45) is 0 Å². The lowest BCUT2D eigenvalue weighted by Crippen LogP contribution is -2.28. The molecule has 0 saturated heterocycles. The summed E-state index contributed by atoms with van der Waals surface area (Å²) in [5.41, 5.74) is 0.425. The number of carbonyl (C=O) groups is 1. The van der Waals surface area contributed by atoms with E-state index in [0.717, 1.165) is 25.0 Å². The lowest BCUT2D eigenvalue weighted by molar-refractivity contribution is -0.137. The SMILES string of the molecule is O=C(CCNS(=O)(=O)c1ccc(Cl)c(C(F)(F)F)c1)Nc1ccc2oc(C3CC3)nc2c1. The molecule has 32 heavy (non-hydrogen) atoms. The van der Waals surface area contributed by atoms with E-state index in [1.807, 2.05) is 0 Å². The molecule has 12 heteroatoms. The predicted molar refractivity (Wildman–Crippen MR) is 111 cm³/mol. The monoisotopic (exact) mass is 487 g/mol. The van der Waals surface area contributed by atoms with E-state index in [1.165, 1.54) is 0 Å². The number of amides is 1. The van der Waals surface area contributed by atoms with Gasteiger partial charge in [0.2, 0.25) is 15.9 Å². The van der Waals surface area contributed by atoms with Crippen LogP contribution in [0.1, 0.15) is 36.6 Å². The van der Waals surface area contributed by atoms with E-state index in [2.05, 4.69) is 15.0 Å². The van der Waals surface area contributed by atoms with Gasteiger partial charge in [0.25, 0.3) is 0 Å². The van der Waals surface area contributed by atoms with Gasteiger partial charge in [0.1, 0.15) is 5.52 Å². The summed E-state index contributed by atoms with van der Waals surface area (Å²) in [6.45, 7) is -0.309. The number of sulfonamides is 1. The van der Waals surface area contributed by atoms with Gasteiger partial charge < -0.3 is 9.73 Å². The smallest absolute Gasteiger partial charge is 0.417 e. The molecule has 1 heterocycles. The van der Waals surface area contributed by atoms with Crippen LogP contribution in [-0.4, -0.2) is 25.9 Å². The number of halogens is 4. The molecule has 0 spiro atoms. The molecular formula is C20H17ClF3N3O4S. The second kappa shape index (κ2) is 8.38. The zero-order valence-electron chi connectivity index (χ0n) is 16.4. The normalized spacial score (nSPS) is 14.6. The second-order valence-electron chi connectivity index (χ2n) is 7.34. The number of oxazole rings is 1. The minimum Gasteiger partial charge on any atom is -0.440 e. The zero-order valence-corrected chi connectivity index (χ0v) is 17.9. The third-order valence-corrected chi connectivity index (χ3v) is 6.60. The molecule has 1 amide bonds. The largest absolute Gasteiger partial charge is 0.440 e. The number of anilines is 1. The lowest BCUT2D eigenvalue weighted by Gasteiger charge is -2.12. The maximum Gasteiger partial charge on any atom is 0.417 e. The standard InChI is InChI=1S/C20H17ClF3N3O4S/c21-15-5-4-13(10-14(15)20(22,23)24)32(29,30)25-8-7-18(28)26-12-3-6-17-16(9-12)27-19(31-17)11-1-2-11/h3-6,9-11,25H,1-2,7-8H2,(H,26,28). The number of hydrogen-bond donors (Lipinski definition) is 2. The number of benzene rings is 2. The topological polar surface area (TPSA) is 101 Å². The van der Waals surface area contributed by atoms with Crippen LogP contribution in [0.5, 0.6) is 0 Å². The van der Waals surface area contributed by atoms with Gasteiger partial charge in [-0.2, -0.15) is 13.2 Å². The molecule has 0 bridgehead atoms. The van der Waals surface area contributed by atoms with E-state index in [0.29, 0.717) is 34.7 Å². The van der Waals surface area contributed by atoms with Crippen LogP contribution in [0, 0.1) is 0 Å². The first kappa shape index (κ1) is 22.6. The minimum absolute atomic E-state index is 0.233. The Bertz CT molecular complexity index is 1290. The first-order valence-electron chi connectivity index (χ1n) is 9.60. The maximum absolute atomic E-state index is 13.0. The molecule has 2 N–H and O–H groups in total. The molecule has 1 aliphatic carbocycles. The Morgan fingerprint density at radius 3 is 2.62 bits per heavy atom. The third-order valence-electron chi connectivity index (χ3n) is 4.81. The van der Waals surface area contributed by atoms with Crippen molar-refractivity contribution in [1.82, 2.24) is 9.71 Å². The van der Waals surface area contributed by atoms with E-state index < -0.39 is 37.6 Å². The molecule has 2 aromatic carbocycles. The fourth-order valence-corrected chi connectivity index (χ4v) is 4.30. The van der Waals surface area contributed by atoms with Crippen molar-refractivity contribution in [2.75, 3.05) is 11.9 Å². The summed E-state index contributed by atoms with van der Waals surface area (Å²) in [5, 5.41) is 2.02. The summed E-state index contributed by atoms with van der Waals surface area (Å²) in [6.07, 6.45) is -2.95. The van der Waals surface area contributed by atoms with Crippen LogP contribution in [0.4, 0.5) is 18.9 Å². The first-order valence-corrected chi connectivity index (χ1v) is 11.5. The lowest BCUT2D eigenvalue weighted by atomic mass is 10.2. The summed E-state index contributed by atoms with van der Waals surface area (Å²) in [7, 11) is -4.27. The number of nitrogens with zero attached hydrogens (tertiary/aromatic N) is 1. The number of alkyl halides is 3. The average Bonchev–Trinajstić information content (AvgIpc) is 3.46. The van der Waals surface area contributed by atoms with Gasteiger partial charge >= 0.3 is 6.18 Å². The van der Waals surface area contributed by atoms with Gasteiger partial charge in [0.05, 0.1) is 15.5 Å². The summed E-state index contributed by atoms with van der Waals surface area (Å²) in [4.78, 5) is 16.0. The van der Waals surface area contributed by atoms with E-state index in [-0.39, 0.29) is 13.0 Å². The Balaban J connectivity index is 1.35. The van der Waals surface area contributed by atoms with Gasteiger partial charge in [-0.1, -0.05) is 11.6 Å². The second-order valence-corrected chi connectivity index (χ2v) is 9.52. The van der Waals surface area contributed by atoms with E-state index in [1.54, 1.807) is 18.2 Å². The Hall–Kier alpha value is -2.63. The molecule has 7 nitrogen and oxygen atoms in total. The predicted octanol–water partition coefficient (Wildman–Crippen LogP) is 4.68. The molecule has 3 aromatic rings. The minimum atomic E-state index is -4.80. The number of aromatic nitrogens is 1.